The quantitative estimate of drug-likeness (QED) is 0.513. The number of aromatic nitrogens is 2. The van der Waals surface area contributed by atoms with E-state index in [0.29, 0.717) is 33.0 Å². The largest absolute Gasteiger partial charge is 0.341 e. The van der Waals surface area contributed by atoms with Gasteiger partial charge in [0.2, 0.25) is 5.91 Å². The number of likely N-dealkylation sites (tertiary alicyclic amines) is 1. The van der Waals surface area contributed by atoms with E-state index in [1.54, 1.807) is 0 Å². The maximum atomic E-state index is 12.7. The lowest BCUT2D eigenvalue weighted by Crippen LogP contribution is -2.43. The summed E-state index contributed by atoms with van der Waals surface area (Å²) in [6, 6.07) is 9.85. The molecule has 1 N–H and O–H groups in total. The minimum Gasteiger partial charge on any atom is -0.341 e. The fourth-order valence-electron chi connectivity index (χ4n) is 3.92. The first-order valence-electron chi connectivity index (χ1n) is 9.48. The molecule has 1 saturated heterocycles. The molecule has 4 rings (SSSR count). The van der Waals surface area contributed by atoms with E-state index in [-0.39, 0.29) is 11.5 Å². The lowest BCUT2D eigenvalue weighted by molar-refractivity contribution is -0.130. The minimum absolute atomic E-state index is 0.113. The third kappa shape index (κ3) is 4.00. The van der Waals surface area contributed by atoms with Gasteiger partial charge in [-0.15, -0.1) is 11.3 Å². The highest BCUT2D eigenvalue weighted by Gasteiger charge is 2.25. The van der Waals surface area contributed by atoms with E-state index in [0.717, 1.165) is 24.2 Å². The maximum absolute atomic E-state index is 12.7. The second kappa shape index (κ2) is 8.09. The molecule has 0 spiro atoms. The third-order valence-corrected chi connectivity index (χ3v) is 6.79. The number of thiophene rings is 1. The lowest BCUT2D eigenvalue weighted by atomic mass is 9.92. The molecule has 1 aliphatic heterocycles. The van der Waals surface area contributed by atoms with Crippen LogP contribution in [0.5, 0.6) is 0 Å². The van der Waals surface area contributed by atoms with E-state index in [2.05, 4.69) is 23.8 Å². The highest BCUT2D eigenvalue weighted by Crippen LogP contribution is 2.31. The monoisotopic (exact) mass is 413 g/mol. The van der Waals surface area contributed by atoms with Gasteiger partial charge in [-0.3, -0.25) is 9.59 Å². The van der Waals surface area contributed by atoms with Crippen LogP contribution in [-0.2, 0) is 4.79 Å². The van der Waals surface area contributed by atoms with Gasteiger partial charge in [0.15, 0.2) is 5.16 Å². The van der Waals surface area contributed by atoms with Gasteiger partial charge in [-0.25, -0.2) is 4.98 Å². The van der Waals surface area contributed by atoms with Gasteiger partial charge in [0.1, 0.15) is 4.83 Å². The number of H-pyrrole nitrogens is 1. The van der Waals surface area contributed by atoms with Crippen molar-refractivity contribution < 1.29 is 4.79 Å². The zero-order chi connectivity index (χ0) is 19.7. The summed E-state index contributed by atoms with van der Waals surface area (Å²) < 4.78 is 0. The Bertz CT molecular complexity index is 1030. The van der Waals surface area contributed by atoms with Gasteiger partial charge >= 0.3 is 0 Å². The Labute approximate surface area is 172 Å². The third-order valence-electron chi connectivity index (χ3n) is 5.06. The van der Waals surface area contributed by atoms with Gasteiger partial charge in [0.25, 0.3) is 5.56 Å². The fraction of sp³-hybridized carbons (Fsp3) is 0.381. The van der Waals surface area contributed by atoms with Crippen LogP contribution in [0.2, 0.25) is 0 Å². The summed E-state index contributed by atoms with van der Waals surface area (Å²) in [5, 5.41) is 3.09. The van der Waals surface area contributed by atoms with Crippen LogP contribution in [0.25, 0.3) is 21.3 Å². The number of carbonyl (C=O) groups excluding carboxylic acids is 1. The highest BCUT2D eigenvalue weighted by molar-refractivity contribution is 7.99. The zero-order valence-corrected chi connectivity index (χ0v) is 17.6. The average Bonchev–Trinajstić information content (AvgIpc) is 3.10. The van der Waals surface area contributed by atoms with Crippen LogP contribution in [0.15, 0.2) is 45.7 Å². The molecule has 0 bridgehead atoms. The van der Waals surface area contributed by atoms with Gasteiger partial charge in [-0.2, -0.15) is 0 Å². The van der Waals surface area contributed by atoms with Crippen LogP contribution >= 0.6 is 23.1 Å². The number of benzene rings is 1. The summed E-state index contributed by atoms with van der Waals surface area (Å²) in [5.74, 6) is 1.48. The summed E-state index contributed by atoms with van der Waals surface area (Å²) in [5.41, 5.74) is 1.75. The molecule has 146 valence electrons. The molecule has 7 heteroatoms. The Morgan fingerprint density at radius 1 is 1.25 bits per heavy atom. The molecule has 2 aromatic heterocycles. The zero-order valence-electron chi connectivity index (χ0n) is 16.0. The first-order valence-corrected chi connectivity index (χ1v) is 11.4. The SMILES string of the molecule is C[C@@H]1C[C@H](C)CN(C(=O)CSc2nc3scc(-c4ccccc4)c3c(=O)[nH]2)C1. The Balaban J connectivity index is 1.51. The number of aromatic amines is 1. The van der Waals surface area contributed by atoms with Crippen molar-refractivity contribution in [2.24, 2.45) is 11.8 Å². The Hall–Kier alpha value is -2.12. The van der Waals surface area contributed by atoms with E-state index < -0.39 is 0 Å². The average molecular weight is 414 g/mol. The van der Waals surface area contributed by atoms with Crippen LogP contribution in [0.4, 0.5) is 0 Å². The number of nitrogens with zero attached hydrogens (tertiary/aromatic N) is 2. The van der Waals surface area contributed by atoms with Gasteiger partial charge in [-0.05, 0) is 23.8 Å². The number of nitrogens with one attached hydrogen (secondary N) is 1. The van der Waals surface area contributed by atoms with Crippen molar-refractivity contribution in [1.29, 1.82) is 0 Å². The molecule has 1 fully saturated rings. The first kappa shape index (κ1) is 19.2. The second-order valence-electron chi connectivity index (χ2n) is 7.60. The van der Waals surface area contributed by atoms with Crippen LogP contribution in [-0.4, -0.2) is 39.6 Å². The summed E-state index contributed by atoms with van der Waals surface area (Å²) in [6.45, 7) is 6.02. The number of thioether (sulfide) groups is 1. The Morgan fingerprint density at radius 3 is 2.68 bits per heavy atom. The van der Waals surface area contributed by atoms with E-state index in [1.165, 1.54) is 29.5 Å². The smallest absolute Gasteiger partial charge is 0.260 e. The van der Waals surface area contributed by atoms with Crippen molar-refractivity contribution in [2.75, 3.05) is 18.8 Å². The molecule has 1 aromatic carbocycles. The molecular formula is C21H23N3O2S2. The predicted octanol–water partition coefficient (Wildman–Crippen LogP) is 4.25. The van der Waals surface area contributed by atoms with E-state index >= 15 is 0 Å². The molecule has 3 heterocycles. The van der Waals surface area contributed by atoms with Gasteiger partial charge in [0.05, 0.1) is 11.1 Å². The number of hydrogen-bond donors (Lipinski definition) is 1. The number of carbonyl (C=O) groups is 1. The molecular weight excluding hydrogens is 390 g/mol. The molecule has 0 radical (unpaired) electrons. The van der Waals surface area contributed by atoms with Crippen molar-refractivity contribution in [3.05, 3.63) is 46.1 Å². The van der Waals surface area contributed by atoms with E-state index in [1.807, 2.05) is 40.6 Å². The Morgan fingerprint density at radius 2 is 1.96 bits per heavy atom. The van der Waals surface area contributed by atoms with Crippen molar-refractivity contribution in [2.45, 2.75) is 25.4 Å². The number of hydrogen-bond acceptors (Lipinski definition) is 5. The second-order valence-corrected chi connectivity index (χ2v) is 9.42. The number of rotatable bonds is 4. The van der Waals surface area contributed by atoms with E-state index in [4.69, 9.17) is 0 Å². The molecule has 0 saturated carbocycles. The van der Waals surface area contributed by atoms with Crippen molar-refractivity contribution >= 4 is 39.2 Å². The first-order chi connectivity index (χ1) is 13.5. The van der Waals surface area contributed by atoms with Gasteiger partial charge < -0.3 is 9.88 Å². The minimum atomic E-state index is -0.153. The number of piperidine rings is 1. The molecule has 5 nitrogen and oxygen atoms in total. The van der Waals surface area contributed by atoms with Crippen LogP contribution in [0.1, 0.15) is 20.3 Å². The highest BCUT2D eigenvalue weighted by atomic mass is 32.2. The summed E-state index contributed by atoms with van der Waals surface area (Å²) in [7, 11) is 0. The predicted molar refractivity (Wildman–Crippen MR) is 116 cm³/mol. The lowest BCUT2D eigenvalue weighted by Gasteiger charge is -2.34. The maximum Gasteiger partial charge on any atom is 0.260 e. The fourth-order valence-corrected chi connectivity index (χ4v) is 5.68. The molecule has 1 aliphatic rings. The van der Waals surface area contributed by atoms with Crippen molar-refractivity contribution in [1.82, 2.24) is 14.9 Å². The molecule has 28 heavy (non-hydrogen) atoms. The normalized spacial score (nSPS) is 19.9. The van der Waals surface area contributed by atoms with Crippen LogP contribution in [0, 0.1) is 11.8 Å². The van der Waals surface area contributed by atoms with Crippen molar-refractivity contribution in [3.8, 4) is 11.1 Å². The molecule has 0 unspecified atom stereocenters. The van der Waals surface area contributed by atoms with Crippen LogP contribution < -0.4 is 5.56 Å². The molecule has 3 aromatic rings. The molecule has 1 amide bonds. The standard InChI is InChI=1S/C21H23N3O2S2/c1-13-8-14(2)10-24(9-13)17(25)12-28-21-22-19(26)18-16(11-27-20(18)23-21)15-6-4-3-5-7-15/h3-7,11,13-14H,8-10,12H2,1-2H3,(H,22,23,26)/t13-,14+. The summed E-state index contributed by atoms with van der Waals surface area (Å²) in [4.78, 5) is 35.4. The van der Waals surface area contributed by atoms with Gasteiger partial charge in [0, 0.05) is 24.0 Å². The molecule has 0 aliphatic carbocycles. The van der Waals surface area contributed by atoms with E-state index in [9.17, 15) is 9.59 Å². The Kier molecular flexibility index (Phi) is 5.55. The topological polar surface area (TPSA) is 66.1 Å². The number of fused-ring (bicyclic) bond motifs is 1. The summed E-state index contributed by atoms with van der Waals surface area (Å²) in [6.07, 6.45) is 1.17. The van der Waals surface area contributed by atoms with Crippen molar-refractivity contribution in [3.63, 3.8) is 0 Å². The van der Waals surface area contributed by atoms with Crippen LogP contribution in [0.3, 0.4) is 0 Å². The summed E-state index contributed by atoms with van der Waals surface area (Å²) >= 11 is 2.77. The van der Waals surface area contributed by atoms with Gasteiger partial charge in [-0.1, -0.05) is 55.9 Å². The number of amides is 1. The molecule has 2 atom stereocenters.